The average Bonchev–Trinajstić information content (AvgIpc) is 3.17. The molecule has 1 fully saturated rings. The Kier molecular flexibility index (Phi) is 5.18. The van der Waals surface area contributed by atoms with Crippen molar-refractivity contribution in [2.75, 3.05) is 31.6 Å². The summed E-state index contributed by atoms with van der Waals surface area (Å²) in [6.07, 6.45) is 0.142. The number of benzene rings is 2. The Labute approximate surface area is 152 Å². The number of tetrazole rings is 1. The van der Waals surface area contributed by atoms with Crippen LogP contribution in [0.5, 0.6) is 0 Å². The number of ether oxygens (including phenoxy) is 1. The lowest BCUT2D eigenvalue weighted by atomic mass is 10.2. The summed E-state index contributed by atoms with van der Waals surface area (Å²) in [4.78, 5) is 1.54. The zero-order valence-electron chi connectivity index (χ0n) is 14.6. The van der Waals surface area contributed by atoms with E-state index in [1.54, 1.807) is 4.68 Å². The highest BCUT2D eigenvalue weighted by Crippen LogP contribution is 2.10. The van der Waals surface area contributed by atoms with Crippen LogP contribution in [0.25, 0.3) is 5.69 Å². The quantitative estimate of drug-likeness (QED) is 0.679. The number of anilines is 1. The molecule has 1 saturated heterocycles. The first kappa shape index (κ1) is 16.7. The van der Waals surface area contributed by atoms with Crippen molar-refractivity contribution >= 4 is 5.95 Å². The first-order valence-electron chi connectivity index (χ1n) is 8.95. The van der Waals surface area contributed by atoms with Crippen molar-refractivity contribution in [1.29, 1.82) is 0 Å². The lowest BCUT2D eigenvalue weighted by Crippen LogP contribution is -3.13. The molecule has 0 spiro atoms. The van der Waals surface area contributed by atoms with E-state index in [2.05, 4.69) is 51.2 Å². The lowest BCUT2D eigenvalue weighted by molar-refractivity contribution is -0.924. The van der Waals surface area contributed by atoms with Gasteiger partial charge in [-0.05, 0) is 22.6 Å². The fourth-order valence-electron chi connectivity index (χ4n) is 3.27. The molecule has 2 heterocycles. The first-order valence-corrected chi connectivity index (χ1v) is 8.95. The Hall–Kier alpha value is -2.77. The number of morpholine rings is 1. The highest BCUT2D eigenvalue weighted by Gasteiger charge is 2.24. The predicted molar refractivity (Wildman–Crippen MR) is 98.2 cm³/mol. The van der Waals surface area contributed by atoms with Crippen LogP contribution < -0.4 is 10.2 Å². The van der Waals surface area contributed by atoms with Gasteiger partial charge in [0.15, 0.2) is 0 Å². The molecule has 26 heavy (non-hydrogen) atoms. The van der Waals surface area contributed by atoms with Gasteiger partial charge in [-0.15, -0.1) is 0 Å². The third-order valence-corrected chi connectivity index (χ3v) is 4.58. The number of hydrogen-bond donors (Lipinski definition) is 2. The smallest absolute Gasteiger partial charge is 0.247 e. The molecule has 0 aliphatic carbocycles. The van der Waals surface area contributed by atoms with Gasteiger partial charge in [-0.3, -0.25) is 0 Å². The van der Waals surface area contributed by atoms with Gasteiger partial charge < -0.3 is 15.0 Å². The molecule has 1 aromatic heterocycles. The van der Waals surface area contributed by atoms with Gasteiger partial charge >= 0.3 is 0 Å². The number of quaternary nitrogens is 1. The molecular weight excluding hydrogens is 328 g/mol. The van der Waals surface area contributed by atoms with Crippen molar-refractivity contribution in [1.82, 2.24) is 20.2 Å². The Balaban J connectivity index is 1.34. The Morgan fingerprint density at radius 3 is 2.65 bits per heavy atom. The van der Waals surface area contributed by atoms with Gasteiger partial charge in [-0.25, -0.2) is 0 Å². The maximum atomic E-state index is 5.93. The molecule has 1 aliphatic heterocycles. The number of nitrogens with one attached hydrogen (secondary N) is 2. The third kappa shape index (κ3) is 4.07. The first-order chi connectivity index (χ1) is 12.9. The molecular formula is C19H23N6O+. The molecule has 2 atom stereocenters. The summed E-state index contributed by atoms with van der Waals surface area (Å²) in [6, 6.07) is 20.5. The minimum Gasteiger partial charge on any atom is -0.365 e. The van der Waals surface area contributed by atoms with Gasteiger partial charge in [0.2, 0.25) is 5.95 Å². The summed E-state index contributed by atoms with van der Waals surface area (Å²) in [6.45, 7) is 4.49. The van der Waals surface area contributed by atoms with E-state index in [0.717, 1.165) is 31.9 Å². The number of rotatable bonds is 6. The predicted octanol–water partition coefficient (Wildman–Crippen LogP) is 0.558. The summed E-state index contributed by atoms with van der Waals surface area (Å²) < 4.78 is 7.63. The molecule has 3 aromatic rings. The van der Waals surface area contributed by atoms with Crippen molar-refractivity contribution in [2.24, 2.45) is 0 Å². The van der Waals surface area contributed by atoms with Crippen molar-refractivity contribution < 1.29 is 9.64 Å². The maximum Gasteiger partial charge on any atom is 0.247 e. The van der Waals surface area contributed by atoms with Crippen molar-refractivity contribution in [3.63, 3.8) is 0 Å². The molecule has 7 heteroatoms. The Morgan fingerprint density at radius 2 is 1.85 bits per heavy atom. The van der Waals surface area contributed by atoms with Crippen molar-refractivity contribution in [3.05, 3.63) is 66.2 Å². The van der Waals surface area contributed by atoms with Crippen LogP contribution >= 0.6 is 0 Å². The minimum atomic E-state index is 0.142. The van der Waals surface area contributed by atoms with Crippen LogP contribution in [-0.4, -0.2) is 52.6 Å². The molecule has 4 rings (SSSR count). The minimum absolute atomic E-state index is 0.142. The SMILES string of the molecule is c1ccc(C[NH+]2CCO[C@H](CNc3nnnn3-c3ccccc3)C2)cc1. The molecule has 1 aliphatic rings. The molecule has 2 aromatic carbocycles. The fourth-order valence-corrected chi connectivity index (χ4v) is 3.27. The van der Waals surface area contributed by atoms with Crippen LogP contribution in [0.1, 0.15) is 5.56 Å². The molecule has 2 N–H and O–H groups in total. The van der Waals surface area contributed by atoms with E-state index in [1.807, 2.05) is 30.3 Å². The molecule has 7 nitrogen and oxygen atoms in total. The number of hydrogen-bond acceptors (Lipinski definition) is 5. The van der Waals surface area contributed by atoms with Crippen LogP contribution in [0, 0.1) is 0 Å². The van der Waals surface area contributed by atoms with Crippen LogP contribution in [0.2, 0.25) is 0 Å². The van der Waals surface area contributed by atoms with Gasteiger partial charge in [-0.2, -0.15) is 4.68 Å². The number of nitrogens with zero attached hydrogens (tertiary/aromatic N) is 4. The van der Waals surface area contributed by atoms with Crippen LogP contribution in [-0.2, 0) is 11.3 Å². The summed E-state index contributed by atoms with van der Waals surface area (Å²) in [5, 5.41) is 15.3. The number of para-hydroxylation sites is 1. The Bertz CT molecular complexity index is 807. The molecule has 1 unspecified atom stereocenters. The van der Waals surface area contributed by atoms with E-state index in [-0.39, 0.29) is 6.10 Å². The number of aromatic nitrogens is 4. The zero-order chi connectivity index (χ0) is 17.6. The van der Waals surface area contributed by atoms with Gasteiger partial charge in [0, 0.05) is 12.1 Å². The van der Waals surface area contributed by atoms with E-state index in [1.165, 1.54) is 10.5 Å². The molecule has 134 valence electrons. The standard InChI is InChI=1S/C19H22N6O/c1-3-7-16(8-4-1)14-24-11-12-26-18(15-24)13-20-19-21-22-23-25(19)17-9-5-2-6-10-17/h1-10,18H,11-15H2,(H,20,21,23)/p+1/t18-/m1/s1. The molecule has 0 radical (unpaired) electrons. The van der Waals surface area contributed by atoms with Crippen LogP contribution in [0.3, 0.4) is 0 Å². The van der Waals surface area contributed by atoms with E-state index in [0.29, 0.717) is 12.5 Å². The zero-order valence-corrected chi connectivity index (χ0v) is 14.6. The second-order valence-corrected chi connectivity index (χ2v) is 6.49. The highest BCUT2D eigenvalue weighted by molar-refractivity contribution is 5.38. The summed E-state index contributed by atoms with van der Waals surface area (Å²) >= 11 is 0. The monoisotopic (exact) mass is 351 g/mol. The highest BCUT2D eigenvalue weighted by atomic mass is 16.5. The second-order valence-electron chi connectivity index (χ2n) is 6.49. The third-order valence-electron chi connectivity index (χ3n) is 4.58. The molecule has 0 saturated carbocycles. The van der Waals surface area contributed by atoms with Gasteiger partial charge in [-0.1, -0.05) is 53.6 Å². The lowest BCUT2D eigenvalue weighted by Gasteiger charge is -2.30. The maximum absolute atomic E-state index is 5.93. The van der Waals surface area contributed by atoms with Crippen molar-refractivity contribution in [2.45, 2.75) is 12.6 Å². The summed E-state index contributed by atoms with van der Waals surface area (Å²) in [5.41, 5.74) is 2.30. The van der Waals surface area contributed by atoms with Gasteiger partial charge in [0.1, 0.15) is 25.7 Å². The molecule has 0 bridgehead atoms. The van der Waals surface area contributed by atoms with E-state index >= 15 is 0 Å². The summed E-state index contributed by atoms with van der Waals surface area (Å²) in [5.74, 6) is 0.634. The van der Waals surface area contributed by atoms with E-state index in [9.17, 15) is 0 Å². The van der Waals surface area contributed by atoms with E-state index in [4.69, 9.17) is 4.74 Å². The molecule has 0 amide bonds. The van der Waals surface area contributed by atoms with Crippen LogP contribution in [0.15, 0.2) is 60.7 Å². The average molecular weight is 351 g/mol. The normalized spacial score (nSPS) is 20.0. The largest absolute Gasteiger partial charge is 0.365 e. The van der Waals surface area contributed by atoms with Gasteiger partial charge in [0.25, 0.3) is 0 Å². The van der Waals surface area contributed by atoms with Gasteiger partial charge in [0.05, 0.1) is 12.3 Å². The van der Waals surface area contributed by atoms with Crippen molar-refractivity contribution in [3.8, 4) is 5.69 Å². The van der Waals surface area contributed by atoms with Crippen LogP contribution in [0.4, 0.5) is 5.95 Å². The fraction of sp³-hybridized carbons (Fsp3) is 0.316. The Morgan fingerprint density at radius 1 is 1.08 bits per heavy atom. The summed E-state index contributed by atoms with van der Waals surface area (Å²) in [7, 11) is 0. The second kappa shape index (κ2) is 8.07. The topological polar surface area (TPSA) is 69.3 Å². The van der Waals surface area contributed by atoms with E-state index < -0.39 is 0 Å².